The van der Waals surface area contributed by atoms with Crippen molar-refractivity contribution in [3.8, 4) is 0 Å². The minimum atomic E-state index is -0.319. The zero-order chi connectivity index (χ0) is 10.7. The summed E-state index contributed by atoms with van der Waals surface area (Å²) in [5, 5.41) is 5.04. The molecular weight excluding hydrogens is 211 g/mol. The van der Waals surface area contributed by atoms with Gasteiger partial charge >= 0.3 is 0 Å². The smallest absolute Gasteiger partial charge is 0.165 e. The lowest BCUT2D eigenvalue weighted by Crippen LogP contribution is -2.07. The van der Waals surface area contributed by atoms with Gasteiger partial charge in [-0.15, -0.1) is 11.3 Å². The third kappa shape index (κ3) is 2.33. The summed E-state index contributed by atoms with van der Waals surface area (Å²) in [4.78, 5) is 5.11. The van der Waals surface area contributed by atoms with Crippen molar-refractivity contribution < 1.29 is 4.39 Å². The van der Waals surface area contributed by atoms with Crippen molar-refractivity contribution in [3.63, 3.8) is 0 Å². The van der Waals surface area contributed by atoms with E-state index in [9.17, 15) is 4.39 Å². The predicted octanol–water partition coefficient (Wildman–Crippen LogP) is 3.46. The van der Waals surface area contributed by atoms with E-state index in [0.717, 1.165) is 0 Å². The molecule has 2 heterocycles. The summed E-state index contributed by atoms with van der Waals surface area (Å²) in [6.45, 7) is 1.99. The van der Waals surface area contributed by atoms with Crippen LogP contribution in [0.5, 0.6) is 0 Å². The molecule has 4 heteroatoms. The number of pyridine rings is 1. The van der Waals surface area contributed by atoms with Gasteiger partial charge in [-0.05, 0) is 30.5 Å². The van der Waals surface area contributed by atoms with Gasteiger partial charge in [0.05, 0.1) is 6.04 Å². The Kier molecular flexibility index (Phi) is 2.97. The number of anilines is 1. The van der Waals surface area contributed by atoms with E-state index < -0.39 is 0 Å². The molecule has 0 aromatic carbocycles. The minimum Gasteiger partial charge on any atom is -0.360 e. The van der Waals surface area contributed by atoms with E-state index in [2.05, 4.69) is 10.3 Å². The summed E-state index contributed by atoms with van der Waals surface area (Å²) >= 11 is 1.64. The number of aromatic nitrogens is 1. The van der Waals surface area contributed by atoms with Crippen LogP contribution in [0.15, 0.2) is 35.8 Å². The summed E-state index contributed by atoms with van der Waals surface area (Å²) in [6, 6.07) is 7.05. The second-order valence-electron chi connectivity index (χ2n) is 3.22. The van der Waals surface area contributed by atoms with Crippen LogP contribution < -0.4 is 5.32 Å². The average Bonchev–Trinajstić information content (AvgIpc) is 2.74. The fourth-order valence-corrected chi connectivity index (χ4v) is 2.04. The Bertz CT molecular complexity index is 428. The van der Waals surface area contributed by atoms with Crippen LogP contribution in [0.4, 0.5) is 10.2 Å². The number of thiophene rings is 1. The van der Waals surface area contributed by atoms with Crippen LogP contribution in [0.2, 0.25) is 0 Å². The molecule has 2 nitrogen and oxygen atoms in total. The molecule has 15 heavy (non-hydrogen) atoms. The van der Waals surface area contributed by atoms with Gasteiger partial charge in [0.25, 0.3) is 0 Å². The Morgan fingerprint density at radius 1 is 1.40 bits per heavy atom. The third-order valence-corrected chi connectivity index (χ3v) is 3.14. The average molecular weight is 222 g/mol. The van der Waals surface area contributed by atoms with E-state index >= 15 is 0 Å². The SMILES string of the molecule is CC(Nc1ncccc1F)c1cccs1. The lowest BCUT2D eigenvalue weighted by atomic mass is 10.2. The van der Waals surface area contributed by atoms with E-state index in [1.165, 1.54) is 10.9 Å². The summed E-state index contributed by atoms with van der Waals surface area (Å²) in [5.74, 6) is -0.0145. The van der Waals surface area contributed by atoms with Gasteiger partial charge in [-0.3, -0.25) is 0 Å². The Balaban J connectivity index is 2.13. The number of halogens is 1. The van der Waals surface area contributed by atoms with Gasteiger partial charge in [0.2, 0.25) is 0 Å². The van der Waals surface area contributed by atoms with Crippen LogP contribution in [-0.4, -0.2) is 4.98 Å². The fraction of sp³-hybridized carbons (Fsp3) is 0.182. The second-order valence-corrected chi connectivity index (χ2v) is 4.19. The molecule has 0 saturated carbocycles. The molecule has 0 saturated heterocycles. The van der Waals surface area contributed by atoms with Gasteiger partial charge < -0.3 is 5.32 Å². The predicted molar refractivity (Wildman–Crippen MR) is 60.6 cm³/mol. The molecule has 1 unspecified atom stereocenters. The molecule has 1 atom stereocenters. The van der Waals surface area contributed by atoms with Crippen molar-refractivity contribution in [3.05, 3.63) is 46.5 Å². The largest absolute Gasteiger partial charge is 0.360 e. The topological polar surface area (TPSA) is 24.9 Å². The summed E-state index contributed by atoms with van der Waals surface area (Å²) in [7, 11) is 0. The van der Waals surface area contributed by atoms with Gasteiger partial charge in [-0.2, -0.15) is 0 Å². The highest BCUT2D eigenvalue weighted by atomic mass is 32.1. The maximum atomic E-state index is 13.3. The molecule has 2 rings (SSSR count). The molecule has 1 N–H and O–H groups in total. The molecule has 0 aliphatic rings. The van der Waals surface area contributed by atoms with Crippen molar-refractivity contribution in [2.24, 2.45) is 0 Å². The maximum absolute atomic E-state index is 13.3. The van der Waals surface area contributed by atoms with E-state index in [0.29, 0.717) is 5.82 Å². The number of hydrogen-bond donors (Lipinski definition) is 1. The van der Waals surface area contributed by atoms with E-state index in [4.69, 9.17) is 0 Å². The lowest BCUT2D eigenvalue weighted by Gasteiger charge is -2.12. The van der Waals surface area contributed by atoms with Crippen molar-refractivity contribution >= 4 is 17.2 Å². The number of rotatable bonds is 3. The molecular formula is C11H11FN2S. The van der Waals surface area contributed by atoms with Crippen molar-refractivity contribution in [1.29, 1.82) is 0 Å². The van der Waals surface area contributed by atoms with Gasteiger partial charge in [-0.1, -0.05) is 6.07 Å². The Morgan fingerprint density at radius 3 is 2.93 bits per heavy atom. The first kappa shape index (κ1) is 10.1. The first-order chi connectivity index (χ1) is 7.27. The summed E-state index contributed by atoms with van der Waals surface area (Å²) < 4.78 is 13.3. The molecule has 0 aliphatic carbocycles. The van der Waals surface area contributed by atoms with Gasteiger partial charge in [0.15, 0.2) is 11.6 Å². The quantitative estimate of drug-likeness (QED) is 0.860. The fourth-order valence-electron chi connectivity index (χ4n) is 1.31. The highest BCUT2D eigenvalue weighted by molar-refractivity contribution is 7.10. The molecule has 0 amide bonds. The number of hydrogen-bond acceptors (Lipinski definition) is 3. The number of nitrogens with zero attached hydrogens (tertiary/aromatic N) is 1. The minimum absolute atomic E-state index is 0.0781. The molecule has 0 radical (unpaired) electrons. The molecule has 0 spiro atoms. The highest BCUT2D eigenvalue weighted by Gasteiger charge is 2.09. The molecule has 78 valence electrons. The van der Waals surface area contributed by atoms with E-state index in [1.54, 1.807) is 23.6 Å². The van der Waals surface area contributed by atoms with Gasteiger partial charge in [0, 0.05) is 11.1 Å². The zero-order valence-corrected chi connectivity index (χ0v) is 9.09. The molecule has 2 aromatic heterocycles. The Hall–Kier alpha value is -1.42. The third-order valence-electron chi connectivity index (χ3n) is 2.08. The number of nitrogens with one attached hydrogen (secondary N) is 1. The second kappa shape index (κ2) is 4.40. The Morgan fingerprint density at radius 2 is 2.27 bits per heavy atom. The monoisotopic (exact) mass is 222 g/mol. The van der Waals surface area contributed by atoms with E-state index in [-0.39, 0.29) is 11.9 Å². The van der Waals surface area contributed by atoms with Crippen LogP contribution in [-0.2, 0) is 0 Å². The van der Waals surface area contributed by atoms with Crippen molar-refractivity contribution in [2.75, 3.05) is 5.32 Å². The molecule has 0 aliphatic heterocycles. The molecule has 0 fully saturated rings. The van der Waals surface area contributed by atoms with Crippen LogP contribution in [0.25, 0.3) is 0 Å². The van der Waals surface area contributed by atoms with E-state index in [1.807, 2.05) is 24.4 Å². The summed E-state index contributed by atoms with van der Waals surface area (Å²) in [5.41, 5.74) is 0. The van der Waals surface area contributed by atoms with Gasteiger partial charge in [-0.25, -0.2) is 9.37 Å². The van der Waals surface area contributed by atoms with Crippen LogP contribution >= 0.6 is 11.3 Å². The zero-order valence-electron chi connectivity index (χ0n) is 8.27. The summed E-state index contributed by atoms with van der Waals surface area (Å²) in [6.07, 6.45) is 1.58. The van der Waals surface area contributed by atoms with Gasteiger partial charge in [0.1, 0.15) is 0 Å². The first-order valence-electron chi connectivity index (χ1n) is 4.68. The molecule has 0 bridgehead atoms. The molecule has 2 aromatic rings. The Labute approximate surface area is 91.8 Å². The standard InChI is InChI=1S/C11H11FN2S/c1-8(10-5-3-7-15-10)14-11-9(12)4-2-6-13-11/h2-8H,1H3,(H,13,14). The highest BCUT2D eigenvalue weighted by Crippen LogP contribution is 2.22. The van der Waals surface area contributed by atoms with Crippen LogP contribution in [0.3, 0.4) is 0 Å². The maximum Gasteiger partial charge on any atom is 0.165 e. The lowest BCUT2D eigenvalue weighted by molar-refractivity contribution is 0.621. The van der Waals surface area contributed by atoms with Crippen molar-refractivity contribution in [1.82, 2.24) is 4.98 Å². The van der Waals surface area contributed by atoms with Crippen molar-refractivity contribution in [2.45, 2.75) is 13.0 Å². The first-order valence-corrected chi connectivity index (χ1v) is 5.56. The van der Waals surface area contributed by atoms with Crippen LogP contribution in [0.1, 0.15) is 17.8 Å². The van der Waals surface area contributed by atoms with Crippen LogP contribution in [0, 0.1) is 5.82 Å². The normalized spacial score (nSPS) is 12.4.